The van der Waals surface area contributed by atoms with Crippen molar-refractivity contribution in [2.24, 2.45) is 4.99 Å². The van der Waals surface area contributed by atoms with Gasteiger partial charge in [-0.3, -0.25) is 0 Å². The average molecular weight is 380 g/mol. The number of pyridine rings is 1. The van der Waals surface area contributed by atoms with Gasteiger partial charge in [0.2, 0.25) is 5.88 Å². The molecular weight excluding hydrogens is 357 g/mol. The van der Waals surface area contributed by atoms with Crippen LogP contribution in [0.1, 0.15) is 36.8 Å². The largest absolute Gasteiger partial charge is 0.470 e. The van der Waals surface area contributed by atoms with Crippen LogP contribution in [0.4, 0.5) is 5.69 Å². The van der Waals surface area contributed by atoms with Crippen molar-refractivity contribution < 1.29 is 4.74 Å². The van der Waals surface area contributed by atoms with Gasteiger partial charge in [-0.2, -0.15) is 0 Å². The number of aromatic nitrogens is 1. The Labute approximate surface area is 159 Å². The highest BCUT2D eigenvalue weighted by Gasteiger charge is 2.13. The van der Waals surface area contributed by atoms with E-state index in [0.29, 0.717) is 15.9 Å². The van der Waals surface area contributed by atoms with Crippen LogP contribution < -0.4 is 4.74 Å². The Morgan fingerprint density at radius 3 is 2.44 bits per heavy atom. The number of halogens is 2. The van der Waals surface area contributed by atoms with E-state index in [4.69, 9.17) is 27.9 Å². The molecule has 1 atom stereocenters. The molecule has 0 saturated heterocycles. The molecule has 0 aliphatic heterocycles. The lowest BCUT2D eigenvalue weighted by Gasteiger charge is -2.17. The minimum Gasteiger partial charge on any atom is -0.470 e. The standard InChI is InChI=1S/C19H23Cl2N3O/c1-6-24(5)11-22-18-7-12(2)19(23-13(18)3)25-14(4)15-8-16(20)10-17(21)9-15/h7-11,14H,6H2,1-5H3/b22-11+. The SMILES string of the molecule is CCN(C)/C=N/c1cc(C)c(OC(C)c2cc(Cl)cc(Cl)c2)nc1C. The predicted molar refractivity (Wildman–Crippen MR) is 106 cm³/mol. The van der Waals surface area contributed by atoms with Crippen molar-refractivity contribution in [1.82, 2.24) is 9.88 Å². The number of hydrogen-bond acceptors (Lipinski definition) is 3. The smallest absolute Gasteiger partial charge is 0.217 e. The molecule has 1 aromatic carbocycles. The van der Waals surface area contributed by atoms with Crippen molar-refractivity contribution >= 4 is 35.2 Å². The summed E-state index contributed by atoms with van der Waals surface area (Å²) in [6.07, 6.45) is 1.59. The third-order valence-corrected chi connectivity index (χ3v) is 4.30. The van der Waals surface area contributed by atoms with Crippen LogP contribution >= 0.6 is 23.2 Å². The minimum atomic E-state index is -0.220. The molecule has 0 saturated carbocycles. The second-order valence-corrected chi connectivity index (χ2v) is 6.87. The van der Waals surface area contributed by atoms with Gasteiger partial charge in [0.05, 0.1) is 17.7 Å². The van der Waals surface area contributed by atoms with Gasteiger partial charge in [-0.15, -0.1) is 0 Å². The van der Waals surface area contributed by atoms with Crippen molar-refractivity contribution in [3.63, 3.8) is 0 Å². The fraction of sp³-hybridized carbons (Fsp3) is 0.368. The van der Waals surface area contributed by atoms with Crippen molar-refractivity contribution in [2.75, 3.05) is 13.6 Å². The lowest BCUT2D eigenvalue weighted by atomic mass is 10.1. The molecule has 0 fully saturated rings. The van der Waals surface area contributed by atoms with E-state index in [0.717, 1.165) is 29.1 Å². The van der Waals surface area contributed by atoms with E-state index < -0.39 is 0 Å². The van der Waals surface area contributed by atoms with Gasteiger partial charge in [0.25, 0.3) is 0 Å². The first-order valence-electron chi connectivity index (χ1n) is 8.15. The summed E-state index contributed by atoms with van der Waals surface area (Å²) in [5.74, 6) is 0.587. The molecule has 2 aromatic rings. The number of benzene rings is 1. The summed E-state index contributed by atoms with van der Waals surface area (Å²) in [4.78, 5) is 11.1. The highest BCUT2D eigenvalue weighted by molar-refractivity contribution is 6.34. The van der Waals surface area contributed by atoms with Crippen LogP contribution in [0.2, 0.25) is 10.0 Å². The monoisotopic (exact) mass is 379 g/mol. The normalized spacial score (nSPS) is 12.4. The van der Waals surface area contributed by atoms with Gasteiger partial charge in [0, 0.05) is 29.2 Å². The van der Waals surface area contributed by atoms with Gasteiger partial charge in [-0.25, -0.2) is 9.98 Å². The highest BCUT2D eigenvalue weighted by Crippen LogP contribution is 2.30. The molecule has 1 aromatic heterocycles. The van der Waals surface area contributed by atoms with E-state index in [1.165, 1.54) is 0 Å². The maximum atomic E-state index is 6.07. The highest BCUT2D eigenvalue weighted by atomic mass is 35.5. The van der Waals surface area contributed by atoms with Crippen LogP contribution in [0.25, 0.3) is 0 Å². The van der Waals surface area contributed by atoms with Crippen LogP contribution in [0, 0.1) is 13.8 Å². The maximum absolute atomic E-state index is 6.07. The number of aliphatic imine (C=N–C) groups is 1. The predicted octanol–water partition coefficient (Wildman–Crippen LogP) is 5.76. The molecule has 0 bridgehead atoms. The molecule has 1 heterocycles. The van der Waals surface area contributed by atoms with Crippen molar-refractivity contribution in [2.45, 2.75) is 33.8 Å². The summed E-state index contributed by atoms with van der Waals surface area (Å²) >= 11 is 12.1. The summed E-state index contributed by atoms with van der Waals surface area (Å²) in [6, 6.07) is 7.38. The Morgan fingerprint density at radius 2 is 1.84 bits per heavy atom. The minimum absolute atomic E-state index is 0.220. The fourth-order valence-electron chi connectivity index (χ4n) is 2.21. The number of hydrogen-bond donors (Lipinski definition) is 0. The molecule has 0 radical (unpaired) electrons. The zero-order chi connectivity index (χ0) is 18.6. The topological polar surface area (TPSA) is 37.7 Å². The number of ether oxygens (including phenoxy) is 1. The molecule has 0 amide bonds. The van der Waals surface area contributed by atoms with Crippen LogP contribution in [-0.2, 0) is 0 Å². The second kappa shape index (κ2) is 8.54. The van der Waals surface area contributed by atoms with Gasteiger partial charge in [-0.1, -0.05) is 23.2 Å². The summed E-state index contributed by atoms with van der Waals surface area (Å²) in [7, 11) is 1.98. The lowest BCUT2D eigenvalue weighted by Crippen LogP contribution is -2.14. The van der Waals surface area contributed by atoms with E-state index >= 15 is 0 Å². The first-order chi connectivity index (χ1) is 11.8. The first-order valence-corrected chi connectivity index (χ1v) is 8.91. The third-order valence-electron chi connectivity index (χ3n) is 3.87. The Bertz CT molecular complexity index is 757. The van der Waals surface area contributed by atoms with Crippen molar-refractivity contribution in [3.05, 3.63) is 51.1 Å². The first kappa shape index (κ1) is 19.5. The van der Waals surface area contributed by atoms with E-state index in [9.17, 15) is 0 Å². The molecule has 134 valence electrons. The molecule has 4 nitrogen and oxygen atoms in total. The zero-order valence-corrected chi connectivity index (χ0v) is 16.7. The number of rotatable bonds is 6. The van der Waals surface area contributed by atoms with Gasteiger partial charge in [-0.05, 0) is 57.5 Å². The molecule has 0 aliphatic rings. The summed E-state index contributed by atoms with van der Waals surface area (Å²) in [6.45, 7) is 8.80. The molecule has 25 heavy (non-hydrogen) atoms. The molecule has 0 aliphatic carbocycles. The van der Waals surface area contributed by atoms with Gasteiger partial charge < -0.3 is 9.64 Å². The molecule has 0 N–H and O–H groups in total. The summed E-state index contributed by atoms with van der Waals surface area (Å²) in [5, 5.41) is 1.17. The quantitative estimate of drug-likeness (QED) is 0.473. The third kappa shape index (κ3) is 5.35. The van der Waals surface area contributed by atoms with E-state index in [1.807, 2.05) is 50.9 Å². The molecule has 1 unspecified atom stereocenters. The maximum Gasteiger partial charge on any atom is 0.217 e. The Morgan fingerprint density at radius 1 is 1.20 bits per heavy atom. The van der Waals surface area contributed by atoms with Gasteiger partial charge >= 0.3 is 0 Å². The molecule has 0 spiro atoms. The molecular formula is C19H23Cl2N3O. The van der Waals surface area contributed by atoms with Crippen molar-refractivity contribution in [3.8, 4) is 5.88 Å². The number of aryl methyl sites for hydroxylation is 2. The lowest BCUT2D eigenvalue weighted by molar-refractivity contribution is 0.215. The summed E-state index contributed by atoms with van der Waals surface area (Å²) < 4.78 is 6.03. The van der Waals surface area contributed by atoms with Crippen LogP contribution in [0.5, 0.6) is 5.88 Å². The Balaban J connectivity index is 2.22. The fourth-order valence-corrected chi connectivity index (χ4v) is 2.75. The van der Waals surface area contributed by atoms with Crippen LogP contribution in [0.15, 0.2) is 29.3 Å². The van der Waals surface area contributed by atoms with E-state index in [1.54, 1.807) is 12.4 Å². The summed E-state index contributed by atoms with van der Waals surface area (Å²) in [5.41, 5.74) is 3.49. The Kier molecular flexibility index (Phi) is 6.68. The van der Waals surface area contributed by atoms with Crippen LogP contribution in [-0.4, -0.2) is 29.8 Å². The molecule has 6 heteroatoms. The van der Waals surface area contributed by atoms with E-state index in [2.05, 4.69) is 16.9 Å². The van der Waals surface area contributed by atoms with Crippen molar-refractivity contribution in [1.29, 1.82) is 0 Å². The van der Waals surface area contributed by atoms with Crippen LogP contribution in [0.3, 0.4) is 0 Å². The van der Waals surface area contributed by atoms with E-state index in [-0.39, 0.29) is 6.10 Å². The zero-order valence-electron chi connectivity index (χ0n) is 15.2. The van der Waals surface area contributed by atoms with Gasteiger partial charge in [0.15, 0.2) is 0 Å². The average Bonchev–Trinajstić information content (AvgIpc) is 2.55. The number of nitrogens with zero attached hydrogens (tertiary/aromatic N) is 3. The Hall–Kier alpha value is -1.78. The molecule has 2 rings (SSSR count). The van der Waals surface area contributed by atoms with Gasteiger partial charge in [0.1, 0.15) is 6.10 Å². The second-order valence-electron chi connectivity index (χ2n) is 6.00.